The van der Waals surface area contributed by atoms with Crippen molar-refractivity contribution in [3.05, 3.63) is 39.9 Å². The van der Waals surface area contributed by atoms with Crippen molar-refractivity contribution in [2.75, 3.05) is 18.1 Å². The van der Waals surface area contributed by atoms with Crippen LogP contribution in [0.4, 0.5) is 11.6 Å². The number of nitriles is 1. The molecule has 6 heteroatoms. The van der Waals surface area contributed by atoms with Crippen LogP contribution in [0.5, 0.6) is 0 Å². The second-order valence-electron chi connectivity index (χ2n) is 3.75. The van der Waals surface area contributed by atoms with Gasteiger partial charge < -0.3 is 11.1 Å². The second-order valence-corrected chi connectivity index (χ2v) is 4.67. The molecule has 2 aromatic rings. The minimum Gasteiger partial charge on any atom is -0.383 e. The highest BCUT2D eigenvalue weighted by Gasteiger charge is 2.14. The van der Waals surface area contributed by atoms with E-state index in [0.717, 1.165) is 10.0 Å². The topological polar surface area (TPSA) is 79.7 Å². The maximum atomic E-state index is 9.02. The van der Waals surface area contributed by atoms with Crippen LogP contribution in [0.15, 0.2) is 28.7 Å². The van der Waals surface area contributed by atoms with Gasteiger partial charge in [0.25, 0.3) is 0 Å². The van der Waals surface area contributed by atoms with E-state index in [0.29, 0.717) is 23.7 Å². The van der Waals surface area contributed by atoms with Gasteiger partial charge in [0.2, 0.25) is 0 Å². The van der Waals surface area contributed by atoms with Gasteiger partial charge in [0.15, 0.2) is 5.82 Å². The summed E-state index contributed by atoms with van der Waals surface area (Å²) in [6.45, 7) is 0.537. The number of nitrogens with zero attached hydrogens (tertiary/aromatic N) is 3. The Bertz CT molecular complexity index is 594. The first-order valence-electron chi connectivity index (χ1n) is 5.34. The molecule has 1 heterocycles. The zero-order valence-corrected chi connectivity index (χ0v) is 11.4. The van der Waals surface area contributed by atoms with Gasteiger partial charge in [0.1, 0.15) is 17.5 Å². The molecule has 0 saturated heterocycles. The van der Waals surface area contributed by atoms with Gasteiger partial charge in [0, 0.05) is 11.5 Å². The van der Waals surface area contributed by atoms with E-state index in [-0.39, 0.29) is 0 Å². The Morgan fingerprint density at radius 3 is 2.61 bits per heavy atom. The van der Waals surface area contributed by atoms with Crippen LogP contribution in [0.1, 0.15) is 11.1 Å². The summed E-state index contributed by atoms with van der Waals surface area (Å²) in [7, 11) is 1.71. The minimum absolute atomic E-state index is 0.379. The standard InChI is InChI=1S/C12H12BrN5/c1-16-12-10(6-14)11(15)18(17-12)7-8-2-4-9(13)5-3-8/h2-5H,7,15H2,1H3,(H,16,17). The Morgan fingerprint density at radius 2 is 2.11 bits per heavy atom. The summed E-state index contributed by atoms with van der Waals surface area (Å²) in [4.78, 5) is 0. The van der Waals surface area contributed by atoms with Gasteiger partial charge in [-0.25, -0.2) is 4.68 Å². The van der Waals surface area contributed by atoms with Crippen molar-refractivity contribution < 1.29 is 0 Å². The van der Waals surface area contributed by atoms with E-state index in [1.54, 1.807) is 11.7 Å². The van der Waals surface area contributed by atoms with E-state index < -0.39 is 0 Å². The first kappa shape index (κ1) is 12.5. The van der Waals surface area contributed by atoms with E-state index in [2.05, 4.69) is 32.4 Å². The molecular weight excluding hydrogens is 294 g/mol. The molecule has 0 aliphatic heterocycles. The van der Waals surface area contributed by atoms with Gasteiger partial charge in [-0.15, -0.1) is 0 Å². The van der Waals surface area contributed by atoms with Crippen LogP contribution < -0.4 is 11.1 Å². The first-order valence-corrected chi connectivity index (χ1v) is 6.13. The first-order chi connectivity index (χ1) is 8.65. The van der Waals surface area contributed by atoms with Crippen molar-refractivity contribution in [1.82, 2.24) is 9.78 Å². The summed E-state index contributed by atoms with van der Waals surface area (Å²) in [6.07, 6.45) is 0. The lowest BCUT2D eigenvalue weighted by molar-refractivity contribution is 0.699. The van der Waals surface area contributed by atoms with Gasteiger partial charge in [-0.2, -0.15) is 10.4 Å². The van der Waals surface area contributed by atoms with Gasteiger partial charge in [0.05, 0.1) is 6.54 Å². The summed E-state index contributed by atoms with van der Waals surface area (Å²) in [5.74, 6) is 0.886. The number of halogens is 1. The molecule has 18 heavy (non-hydrogen) atoms. The SMILES string of the molecule is CNc1nn(Cc2ccc(Br)cc2)c(N)c1C#N. The Kier molecular flexibility index (Phi) is 3.53. The van der Waals surface area contributed by atoms with Crippen LogP contribution in [0, 0.1) is 11.3 Å². The fraction of sp³-hybridized carbons (Fsp3) is 0.167. The number of anilines is 2. The maximum Gasteiger partial charge on any atom is 0.168 e. The maximum absolute atomic E-state index is 9.02. The predicted molar refractivity (Wildman–Crippen MR) is 74.1 cm³/mol. The highest BCUT2D eigenvalue weighted by Crippen LogP contribution is 2.21. The van der Waals surface area contributed by atoms with Crippen LogP contribution in [0.25, 0.3) is 0 Å². The molecule has 0 saturated carbocycles. The Labute approximate surface area is 113 Å². The third-order valence-corrected chi connectivity index (χ3v) is 3.11. The number of hydrogen-bond acceptors (Lipinski definition) is 4. The number of benzene rings is 1. The minimum atomic E-state index is 0.379. The van der Waals surface area contributed by atoms with Crippen molar-refractivity contribution in [1.29, 1.82) is 5.26 Å². The second kappa shape index (κ2) is 5.10. The molecule has 1 aromatic heterocycles. The number of nitrogens with two attached hydrogens (primary N) is 1. The summed E-state index contributed by atoms with van der Waals surface area (Å²) >= 11 is 3.38. The summed E-state index contributed by atoms with van der Waals surface area (Å²) < 4.78 is 2.64. The molecule has 0 atom stereocenters. The number of rotatable bonds is 3. The molecule has 0 radical (unpaired) electrons. The Balaban J connectivity index is 2.32. The van der Waals surface area contributed by atoms with Crippen molar-refractivity contribution in [2.45, 2.75) is 6.54 Å². The zero-order chi connectivity index (χ0) is 13.1. The molecule has 0 amide bonds. The van der Waals surface area contributed by atoms with Gasteiger partial charge in [-0.1, -0.05) is 28.1 Å². The molecule has 2 rings (SSSR count). The van der Waals surface area contributed by atoms with Crippen LogP contribution in [0.2, 0.25) is 0 Å². The molecule has 5 nitrogen and oxygen atoms in total. The Hall–Kier alpha value is -2.00. The molecule has 0 bridgehead atoms. The molecule has 3 N–H and O–H groups in total. The lowest BCUT2D eigenvalue weighted by Gasteiger charge is -2.04. The highest BCUT2D eigenvalue weighted by atomic mass is 79.9. The van der Waals surface area contributed by atoms with Crippen LogP contribution in [0.3, 0.4) is 0 Å². The van der Waals surface area contributed by atoms with Crippen molar-refractivity contribution in [3.8, 4) is 6.07 Å². The van der Waals surface area contributed by atoms with Crippen molar-refractivity contribution in [3.63, 3.8) is 0 Å². The Morgan fingerprint density at radius 1 is 1.44 bits per heavy atom. The number of nitrogens with one attached hydrogen (secondary N) is 1. The van der Waals surface area contributed by atoms with E-state index >= 15 is 0 Å². The third-order valence-electron chi connectivity index (χ3n) is 2.59. The molecule has 0 aliphatic rings. The zero-order valence-electron chi connectivity index (χ0n) is 9.81. The van der Waals surface area contributed by atoms with Crippen LogP contribution >= 0.6 is 15.9 Å². The average molecular weight is 306 g/mol. The molecule has 0 unspecified atom stereocenters. The van der Waals surface area contributed by atoms with Crippen LogP contribution in [-0.4, -0.2) is 16.8 Å². The monoisotopic (exact) mass is 305 g/mol. The van der Waals surface area contributed by atoms with Crippen molar-refractivity contribution >= 4 is 27.6 Å². The van der Waals surface area contributed by atoms with E-state index in [1.165, 1.54) is 0 Å². The largest absolute Gasteiger partial charge is 0.383 e. The lowest BCUT2D eigenvalue weighted by Crippen LogP contribution is -2.06. The van der Waals surface area contributed by atoms with E-state index in [9.17, 15) is 0 Å². The van der Waals surface area contributed by atoms with Gasteiger partial charge >= 0.3 is 0 Å². The molecule has 0 fully saturated rings. The molecule has 0 spiro atoms. The molecule has 92 valence electrons. The summed E-state index contributed by atoms with van der Waals surface area (Å²) in [5, 5.41) is 16.1. The van der Waals surface area contributed by atoms with E-state index in [1.807, 2.05) is 24.3 Å². The normalized spacial score (nSPS) is 10.1. The molecule has 0 aliphatic carbocycles. The molecule has 1 aromatic carbocycles. The van der Waals surface area contributed by atoms with E-state index in [4.69, 9.17) is 11.0 Å². The van der Waals surface area contributed by atoms with Gasteiger partial charge in [-0.05, 0) is 17.7 Å². The number of aromatic nitrogens is 2. The fourth-order valence-electron chi connectivity index (χ4n) is 1.64. The molecular formula is C12H12BrN5. The third kappa shape index (κ3) is 2.31. The smallest absolute Gasteiger partial charge is 0.168 e. The summed E-state index contributed by atoms with van der Waals surface area (Å²) in [5.41, 5.74) is 7.35. The predicted octanol–water partition coefficient (Wildman–Crippen LogP) is 2.19. The number of nitrogen functional groups attached to an aromatic ring is 1. The average Bonchev–Trinajstić information content (AvgIpc) is 2.68. The number of hydrogen-bond donors (Lipinski definition) is 2. The summed E-state index contributed by atoms with van der Waals surface area (Å²) in [6, 6.07) is 9.93. The fourth-order valence-corrected chi connectivity index (χ4v) is 1.91. The lowest BCUT2D eigenvalue weighted by atomic mass is 10.2. The highest BCUT2D eigenvalue weighted by molar-refractivity contribution is 9.10. The van der Waals surface area contributed by atoms with Gasteiger partial charge in [-0.3, -0.25) is 0 Å². The van der Waals surface area contributed by atoms with Crippen molar-refractivity contribution in [2.24, 2.45) is 0 Å². The van der Waals surface area contributed by atoms with Crippen LogP contribution in [-0.2, 0) is 6.54 Å². The quantitative estimate of drug-likeness (QED) is 0.911.